The quantitative estimate of drug-likeness (QED) is 0.842. The predicted molar refractivity (Wildman–Crippen MR) is 102 cm³/mol. The number of anilines is 1. The monoisotopic (exact) mass is 366 g/mol. The molecule has 2 aromatic carbocycles. The van der Waals surface area contributed by atoms with E-state index in [0.717, 1.165) is 32.4 Å². The van der Waals surface area contributed by atoms with E-state index in [1.807, 2.05) is 4.90 Å². The number of likely N-dealkylation sites (tertiary alicyclic amines) is 1. The fraction of sp³-hybridized carbons (Fsp3) is 0.286. The average molecular weight is 366 g/mol. The molecule has 6 nitrogen and oxygen atoms in total. The van der Waals surface area contributed by atoms with E-state index in [9.17, 15) is 14.4 Å². The van der Waals surface area contributed by atoms with Crippen molar-refractivity contribution < 1.29 is 19.1 Å². The molecule has 1 N–H and O–H groups in total. The number of esters is 1. The van der Waals surface area contributed by atoms with Crippen molar-refractivity contribution in [3.05, 3.63) is 65.2 Å². The summed E-state index contributed by atoms with van der Waals surface area (Å²) in [6.45, 7) is 1.52. The van der Waals surface area contributed by atoms with Crippen LogP contribution in [-0.2, 0) is 4.74 Å². The highest BCUT2D eigenvalue weighted by Gasteiger charge is 2.19. The van der Waals surface area contributed by atoms with Gasteiger partial charge in [0.1, 0.15) is 0 Å². The Kier molecular flexibility index (Phi) is 5.86. The van der Waals surface area contributed by atoms with Crippen LogP contribution in [0.25, 0.3) is 0 Å². The summed E-state index contributed by atoms with van der Waals surface area (Å²) in [6.07, 6.45) is 3.18. The van der Waals surface area contributed by atoms with Crippen molar-refractivity contribution in [2.24, 2.45) is 0 Å². The Labute approximate surface area is 158 Å². The van der Waals surface area contributed by atoms with Crippen LogP contribution in [0.15, 0.2) is 48.5 Å². The normalized spacial score (nSPS) is 13.7. The van der Waals surface area contributed by atoms with Gasteiger partial charge in [-0.25, -0.2) is 4.79 Å². The lowest BCUT2D eigenvalue weighted by atomic mass is 10.1. The SMILES string of the molecule is COC(=O)c1cccc(NC(=O)c2cccc(C(=O)N3CCCCC3)c2)c1. The number of piperidine rings is 1. The van der Waals surface area contributed by atoms with Gasteiger partial charge in [-0.1, -0.05) is 12.1 Å². The van der Waals surface area contributed by atoms with Crippen LogP contribution in [0.4, 0.5) is 5.69 Å². The van der Waals surface area contributed by atoms with Gasteiger partial charge in [-0.3, -0.25) is 9.59 Å². The summed E-state index contributed by atoms with van der Waals surface area (Å²) in [5.41, 5.74) is 1.73. The molecule has 1 heterocycles. The van der Waals surface area contributed by atoms with E-state index >= 15 is 0 Å². The van der Waals surface area contributed by atoms with Gasteiger partial charge in [-0.2, -0.15) is 0 Å². The third-order valence-corrected chi connectivity index (χ3v) is 4.56. The molecule has 0 atom stereocenters. The van der Waals surface area contributed by atoms with E-state index in [0.29, 0.717) is 22.4 Å². The minimum absolute atomic E-state index is 0.0444. The number of hydrogen-bond donors (Lipinski definition) is 1. The number of rotatable bonds is 4. The first-order valence-electron chi connectivity index (χ1n) is 8.97. The van der Waals surface area contributed by atoms with Gasteiger partial charge >= 0.3 is 5.97 Å². The molecule has 0 radical (unpaired) electrons. The van der Waals surface area contributed by atoms with Gasteiger partial charge in [0.15, 0.2) is 0 Å². The highest BCUT2D eigenvalue weighted by atomic mass is 16.5. The molecule has 1 aliphatic heterocycles. The van der Waals surface area contributed by atoms with Crippen LogP contribution < -0.4 is 5.32 Å². The van der Waals surface area contributed by atoms with Crippen LogP contribution in [0.2, 0.25) is 0 Å². The van der Waals surface area contributed by atoms with E-state index in [4.69, 9.17) is 0 Å². The number of methoxy groups -OCH3 is 1. The largest absolute Gasteiger partial charge is 0.465 e. The molecule has 1 saturated heterocycles. The first kappa shape index (κ1) is 18.6. The van der Waals surface area contributed by atoms with E-state index < -0.39 is 5.97 Å². The number of benzene rings is 2. The maximum absolute atomic E-state index is 12.6. The molecule has 3 rings (SSSR count). The van der Waals surface area contributed by atoms with Crippen molar-refractivity contribution in [3.8, 4) is 0 Å². The van der Waals surface area contributed by atoms with Gasteiger partial charge in [0.25, 0.3) is 11.8 Å². The van der Waals surface area contributed by atoms with Crippen LogP contribution >= 0.6 is 0 Å². The van der Waals surface area contributed by atoms with Gasteiger partial charge in [-0.05, 0) is 55.7 Å². The molecular weight excluding hydrogens is 344 g/mol. The first-order valence-corrected chi connectivity index (χ1v) is 8.97. The Balaban J connectivity index is 1.74. The van der Waals surface area contributed by atoms with Crippen molar-refractivity contribution in [1.29, 1.82) is 0 Å². The molecule has 0 unspecified atom stereocenters. The zero-order valence-corrected chi connectivity index (χ0v) is 15.2. The zero-order valence-electron chi connectivity index (χ0n) is 15.2. The maximum Gasteiger partial charge on any atom is 0.337 e. The summed E-state index contributed by atoms with van der Waals surface area (Å²) < 4.78 is 4.69. The third-order valence-electron chi connectivity index (χ3n) is 4.56. The molecule has 140 valence electrons. The Hall–Kier alpha value is -3.15. The lowest BCUT2D eigenvalue weighted by molar-refractivity contribution is 0.0600. The summed E-state index contributed by atoms with van der Waals surface area (Å²) in [5.74, 6) is -0.859. The number of carbonyl (C=O) groups excluding carboxylic acids is 3. The number of ether oxygens (including phenoxy) is 1. The number of nitrogens with zero attached hydrogens (tertiary/aromatic N) is 1. The molecule has 2 aromatic rings. The minimum atomic E-state index is -0.472. The second-order valence-electron chi connectivity index (χ2n) is 6.46. The predicted octanol–water partition coefficient (Wildman–Crippen LogP) is 3.35. The second-order valence-corrected chi connectivity index (χ2v) is 6.46. The van der Waals surface area contributed by atoms with Gasteiger partial charge in [0.05, 0.1) is 12.7 Å². The van der Waals surface area contributed by atoms with Crippen molar-refractivity contribution in [1.82, 2.24) is 4.90 Å². The standard InChI is InChI=1S/C21H22N2O4/c1-27-21(26)17-9-6-10-18(14-17)22-19(24)15-7-5-8-16(13-15)20(25)23-11-3-2-4-12-23/h5-10,13-14H,2-4,11-12H2,1H3,(H,22,24). The topological polar surface area (TPSA) is 75.7 Å². The van der Waals surface area contributed by atoms with Crippen molar-refractivity contribution in [2.75, 3.05) is 25.5 Å². The number of hydrogen-bond acceptors (Lipinski definition) is 4. The molecule has 27 heavy (non-hydrogen) atoms. The molecule has 2 amide bonds. The summed E-state index contributed by atoms with van der Waals surface area (Å²) >= 11 is 0. The third kappa shape index (κ3) is 4.53. The molecule has 6 heteroatoms. The smallest absolute Gasteiger partial charge is 0.337 e. The van der Waals surface area contributed by atoms with Crippen LogP contribution in [0.5, 0.6) is 0 Å². The summed E-state index contributed by atoms with van der Waals surface area (Å²) in [7, 11) is 1.30. The van der Waals surface area contributed by atoms with Gasteiger partial charge in [-0.15, -0.1) is 0 Å². The molecule has 0 spiro atoms. The van der Waals surface area contributed by atoms with Crippen molar-refractivity contribution in [2.45, 2.75) is 19.3 Å². The summed E-state index contributed by atoms with van der Waals surface area (Å²) in [4.78, 5) is 38.6. The van der Waals surface area contributed by atoms with Gasteiger partial charge in [0.2, 0.25) is 0 Å². The lowest BCUT2D eigenvalue weighted by Gasteiger charge is -2.26. The molecule has 1 aliphatic rings. The molecule has 0 aromatic heterocycles. The Morgan fingerprint density at radius 2 is 1.56 bits per heavy atom. The fourth-order valence-corrected chi connectivity index (χ4v) is 3.12. The molecule has 0 saturated carbocycles. The first-order chi connectivity index (χ1) is 13.1. The fourth-order valence-electron chi connectivity index (χ4n) is 3.12. The van der Waals surface area contributed by atoms with Crippen LogP contribution in [-0.4, -0.2) is 42.9 Å². The second kappa shape index (κ2) is 8.49. The number of nitrogens with one attached hydrogen (secondary N) is 1. The summed E-state index contributed by atoms with van der Waals surface area (Å²) in [5, 5.41) is 2.75. The molecule has 0 bridgehead atoms. The van der Waals surface area contributed by atoms with Crippen molar-refractivity contribution in [3.63, 3.8) is 0 Å². The van der Waals surface area contributed by atoms with Gasteiger partial charge in [0, 0.05) is 29.9 Å². The van der Waals surface area contributed by atoms with E-state index in [2.05, 4.69) is 10.1 Å². The van der Waals surface area contributed by atoms with E-state index in [1.54, 1.807) is 48.5 Å². The maximum atomic E-state index is 12.6. The Morgan fingerprint density at radius 1 is 0.889 bits per heavy atom. The zero-order chi connectivity index (χ0) is 19.2. The molecular formula is C21H22N2O4. The molecule has 0 aliphatic carbocycles. The van der Waals surface area contributed by atoms with E-state index in [-0.39, 0.29) is 11.8 Å². The van der Waals surface area contributed by atoms with Crippen LogP contribution in [0.3, 0.4) is 0 Å². The Bertz CT molecular complexity index is 857. The molecule has 1 fully saturated rings. The average Bonchev–Trinajstić information content (AvgIpc) is 2.73. The summed E-state index contributed by atoms with van der Waals surface area (Å²) in [6, 6.07) is 13.2. The number of carbonyl (C=O) groups is 3. The highest BCUT2D eigenvalue weighted by Crippen LogP contribution is 2.16. The lowest BCUT2D eigenvalue weighted by Crippen LogP contribution is -2.35. The minimum Gasteiger partial charge on any atom is -0.465 e. The Morgan fingerprint density at radius 3 is 2.30 bits per heavy atom. The highest BCUT2D eigenvalue weighted by molar-refractivity contribution is 6.06. The van der Waals surface area contributed by atoms with Crippen LogP contribution in [0.1, 0.15) is 50.3 Å². The van der Waals surface area contributed by atoms with Crippen LogP contribution in [0, 0.1) is 0 Å². The van der Waals surface area contributed by atoms with Gasteiger partial charge < -0.3 is 15.0 Å². The number of amides is 2. The van der Waals surface area contributed by atoms with E-state index in [1.165, 1.54) is 7.11 Å². The van der Waals surface area contributed by atoms with Crippen molar-refractivity contribution >= 4 is 23.5 Å².